The number of likely N-dealkylation sites (N-methyl/N-ethyl adjacent to an activating group) is 1. The Morgan fingerprint density at radius 3 is 3.00 bits per heavy atom. The van der Waals surface area contributed by atoms with Gasteiger partial charge in [0.1, 0.15) is 12.4 Å². The molecule has 22 heavy (non-hydrogen) atoms. The number of amides is 1. The van der Waals surface area contributed by atoms with Crippen LogP contribution in [0.25, 0.3) is 0 Å². The van der Waals surface area contributed by atoms with E-state index in [4.69, 9.17) is 9.26 Å². The van der Waals surface area contributed by atoms with Gasteiger partial charge >= 0.3 is 0 Å². The Morgan fingerprint density at radius 1 is 1.59 bits per heavy atom. The molecule has 1 aromatic rings. The second kappa shape index (κ2) is 6.22. The average Bonchev–Trinajstić information content (AvgIpc) is 3.02. The van der Waals surface area contributed by atoms with Crippen LogP contribution >= 0.6 is 11.8 Å². The molecule has 6 nitrogen and oxygen atoms in total. The highest BCUT2D eigenvalue weighted by molar-refractivity contribution is 8.01. The van der Waals surface area contributed by atoms with E-state index in [1.807, 2.05) is 24.8 Å². The Labute approximate surface area is 135 Å². The van der Waals surface area contributed by atoms with E-state index >= 15 is 0 Å². The highest BCUT2D eigenvalue weighted by Crippen LogP contribution is 2.46. The molecule has 1 spiro atoms. The molecule has 2 fully saturated rings. The van der Waals surface area contributed by atoms with Gasteiger partial charge in [-0.1, -0.05) is 5.16 Å². The summed E-state index contributed by atoms with van der Waals surface area (Å²) in [5.41, 5.74) is 1.000. The fourth-order valence-electron chi connectivity index (χ4n) is 3.05. The molecular formula is C15H23N3O3S. The second-order valence-corrected chi connectivity index (χ2v) is 7.98. The molecule has 0 saturated carbocycles. The summed E-state index contributed by atoms with van der Waals surface area (Å²) in [5, 5.41) is 4.04. The monoisotopic (exact) mass is 325 g/mol. The first kappa shape index (κ1) is 15.8. The Bertz CT molecular complexity index is 540. The molecule has 0 unspecified atom stereocenters. The average molecular weight is 325 g/mol. The maximum absolute atomic E-state index is 11.6. The summed E-state index contributed by atoms with van der Waals surface area (Å²) in [6.07, 6.45) is 1.23. The van der Waals surface area contributed by atoms with Gasteiger partial charge < -0.3 is 14.2 Å². The van der Waals surface area contributed by atoms with Crippen LogP contribution in [0.2, 0.25) is 0 Å². The molecule has 3 heterocycles. The molecule has 0 bridgehead atoms. The SMILES string of the molecule is Cc1cc(CN2CC3(C[C@@H](OCC(=O)N(C)C)CS3)C2)no1. The van der Waals surface area contributed by atoms with Gasteiger partial charge in [-0.3, -0.25) is 9.69 Å². The summed E-state index contributed by atoms with van der Waals surface area (Å²) in [6, 6.07) is 1.99. The van der Waals surface area contributed by atoms with Gasteiger partial charge in [0.25, 0.3) is 0 Å². The van der Waals surface area contributed by atoms with Crippen LogP contribution in [-0.2, 0) is 16.1 Å². The molecule has 0 aromatic carbocycles. The number of ether oxygens (including phenoxy) is 1. The van der Waals surface area contributed by atoms with Crippen molar-refractivity contribution < 1.29 is 14.1 Å². The molecule has 2 saturated heterocycles. The van der Waals surface area contributed by atoms with Crippen molar-refractivity contribution in [3.63, 3.8) is 0 Å². The Hall–Kier alpha value is -1.05. The third-order valence-corrected chi connectivity index (χ3v) is 5.78. The van der Waals surface area contributed by atoms with Crippen molar-refractivity contribution in [1.29, 1.82) is 0 Å². The number of thioether (sulfide) groups is 1. The van der Waals surface area contributed by atoms with Crippen molar-refractivity contribution in [2.24, 2.45) is 0 Å². The van der Waals surface area contributed by atoms with E-state index in [0.717, 1.165) is 43.3 Å². The van der Waals surface area contributed by atoms with Crippen molar-refractivity contribution in [2.75, 3.05) is 39.5 Å². The van der Waals surface area contributed by atoms with Gasteiger partial charge in [0.2, 0.25) is 5.91 Å². The first-order valence-corrected chi connectivity index (χ1v) is 8.55. The van der Waals surface area contributed by atoms with E-state index in [1.165, 1.54) is 0 Å². The van der Waals surface area contributed by atoms with E-state index < -0.39 is 0 Å². The van der Waals surface area contributed by atoms with Crippen LogP contribution in [0.15, 0.2) is 10.6 Å². The van der Waals surface area contributed by atoms with E-state index in [9.17, 15) is 4.79 Å². The zero-order chi connectivity index (χ0) is 15.7. The molecule has 0 aliphatic carbocycles. The fraction of sp³-hybridized carbons (Fsp3) is 0.733. The molecule has 1 aromatic heterocycles. The number of carbonyl (C=O) groups is 1. The van der Waals surface area contributed by atoms with Gasteiger partial charge in [0.15, 0.2) is 0 Å². The van der Waals surface area contributed by atoms with E-state index in [1.54, 1.807) is 19.0 Å². The minimum atomic E-state index is 0.0302. The molecule has 2 aliphatic rings. The van der Waals surface area contributed by atoms with Crippen molar-refractivity contribution >= 4 is 17.7 Å². The first-order valence-electron chi connectivity index (χ1n) is 7.56. The van der Waals surface area contributed by atoms with Crippen molar-refractivity contribution in [1.82, 2.24) is 15.0 Å². The molecule has 3 rings (SSSR count). The molecule has 0 radical (unpaired) electrons. The zero-order valence-corrected chi connectivity index (χ0v) is 14.2. The summed E-state index contributed by atoms with van der Waals surface area (Å²) < 4.78 is 11.2. The van der Waals surface area contributed by atoms with Gasteiger partial charge in [-0.2, -0.15) is 0 Å². The van der Waals surface area contributed by atoms with Crippen LogP contribution in [0, 0.1) is 6.92 Å². The fourth-order valence-corrected chi connectivity index (χ4v) is 4.66. The lowest BCUT2D eigenvalue weighted by molar-refractivity contribution is -0.135. The predicted molar refractivity (Wildman–Crippen MR) is 84.8 cm³/mol. The van der Waals surface area contributed by atoms with Gasteiger partial charge in [-0.25, -0.2) is 0 Å². The number of hydrogen-bond acceptors (Lipinski definition) is 6. The van der Waals surface area contributed by atoms with Crippen molar-refractivity contribution in [3.8, 4) is 0 Å². The minimum Gasteiger partial charge on any atom is -0.367 e. The number of hydrogen-bond donors (Lipinski definition) is 0. The largest absolute Gasteiger partial charge is 0.367 e. The molecule has 122 valence electrons. The van der Waals surface area contributed by atoms with Crippen LogP contribution in [0.1, 0.15) is 17.9 Å². The molecule has 1 atom stereocenters. The Balaban J connectivity index is 1.41. The summed E-state index contributed by atoms with van der Waals surface area (Å²) >= 11 is 1.98. The number of aromatic nitrogens is 1. The normalized spacial score (nSPS) is 23.7. The number of carbonyl (C=O) groups excluding carboxylic acids is 1. The van der Waals surface area contributed by atoms with Gasteiger partial charge in [0, 0.05) is 50.3 Å². The van der Waals surface area contributed by atoms with E-state index in [-0.39, 0.29) is 18.6 Å². The molecular weight excluding hydrogens is 302 g/mol. The number of nitrogens with zero attached hydrogens (tertiary/aromatic N) is 3. The van der Waals surface area contributed by atoms with E-state index in [0.29, 0.717) is 4.75 Å². The maximum Gasteiger partial charge on any atom is 0.248 e. The summed E-state index contributed by atoms with van der Waals surface area (Å²) in [5.74, 6) is 1.87. The quantitative estimate of drug-likeness (QED) is 0.809. The smallest absolute Gasteiger partial charge is 0.248 e. The highest BCUT2D eigenvalue weighted by atomic mass is 32.2. The van der Waals surface area contributed by atoms with Crippen molar-refractivity contribution in [2.45, 2.75) is 30.7 Å². The third kappa shape index (κ3) is 3.47. The van der Waals surface area contributed by atoms with Crippen LogP contribution in [0.5, 0.6) is 0 Å². The standard InChI is InChI=1S/C15H23N3O3S/c1-11-4-12(16-21-11)6-18-9-15(10-18)5-13(8-22-15)20-7-14(19)17(2)3/h4,13H,5-10H2,1-3H3/t13-/m1/s1. The zero-order valence-electron chi connectivity index (χ0n) is 13.4. The predicted octanol–water partition coefficient (Wildman–Crippen LogP) is 1.15. The van der Waals surface area contributed by atoms with Crippen LogP contribution in [0.3, 0.4) is 0 Å². The van der Waals surface area contributed by atoms with Crippen molar-refractivity contribution in [3.05, 3.63) is 17.5 Å². The molecule has 2 aliphatic heterocycles. The summed E-state index contributed by atoms with van der Waals surface area (Å²) in [6.45, 7) is 5.08. The topological polar surface area (TPSA) is 58.8 Å². The third-order valence-electron chi connectivity index (χ3n) is 4.20. The van der Waals surface area contributed by atoms with Gasteiger partial charge in [-0.05, 0) is 13.3 Å². The molecule has 1 amide bonds. The van der Waals surface area contributed by atoms with Gasteiger partial charge in [-0.15, -0.1) is 11.8 Å². The number of aryl methyl sites for hydroxylation is 1. The lowest BCUT2D eigenvalue weighted by atomic mass is 9.93. The lowest BCUT2D eigenvalue weighted by Crippen LogP contribution is -2.58. The molecule has 0 N–H and O–H groups in total. The summed E-state index contributed by atoms with van der Waals surface area (Å²) in [7, 11) is 3.51. The number of rotatable bonds is 5. The number of likely N-dealkylation sites (tertiary alicyclic amines) is 1. The lowest BCUT2D eigenvalue weighted by Gasteiger charge is -2.47. The van der Waals surface area contributed by atoms with Gasteiger partial charge in [0.05, 0.1) is 11.8 Å². The van der Waals surface area contributed by atoms with Crippen LogP contribution in [0.4, 0.5) is 0 Å². The van der Waals surface area contributed by atoms with Crippen LogP contribution < -0.4 is 0 Å². The Kier molecular flexibility index (Phi) is 4.47. The highest BCUT2D eigenvalue weighted by Gasteiger charge is 2.49. The molecule has 7 heteroatoms. The van der Waals surface area contributed by atoms with E-state index in [2.05, 4.69) is 10.1 Å². The Morgan fingerprint density at radius 2 is 2.36 bits per heavy atom. The minimum absolute atomic E-state index is 0.0302. The second-order valence-electron chi connectivity index (χ2n) is 6.49. The van der Waals surface area contributed by atoms with Crippen LogP contribution in [-0.4, -0.2) is 71.3 Å². The summed E-state index contributed by atoms with van der Waals surface area (Å²) in [4.78, 5) is 15.5. The first-order chi connectivity index (χ1) is 10.5. The maximum atomic E-state index is 11.6.